The molecule has 5 unspecified atom stereocenters. The molecule has 1 fully saturated rings. The summed E-state index contributed by atoms with van der Waals surface area (Å²) in [5.74, 6) is 1.64. The first-order valence-corrected chi connectivity index (χ1v) is 10.7. The molecule has 0 radical (unpaired) electrons. The van der Waals surface area contributed by atoms with E-state index in [-0.39, 0.29) is 6.61 Å². The summed E-state index contributed by atoms with van der Waals surface area (Å²) < 4.78 is 10.7. The first-order chi connectivity index (χ1) is 12.8. The van der Waals surface area contributed by atoms with Crippen LogP contribution in [-0.4, -0.2) is 53.1 Å². The summed E-state index contributed by atoms with van der Waals surface area (Å²) >= 11 is 0. The van der Waals surface area contributed by atoms with Gasteiger partial charge in [-0.1, -0.05) is 58.1 Å². The van der Waals surface area contributed by atoms with E-state index in [1.807, 2.05) is 0 Å². The lowest BCUT2D eigenvalue weighted by atomic mass is 9.94. The van der Waals surface area contributed by atoms with E-state index in [2.05, 4.69) is 33.8 Å². The number of aliphatic hydroxyl groups excluding tert-OH is 3. The van der Waals surface area contributed by atoms with E-state index < -0.39 is 24.6 Å². The normalized spacial score (nSPS) is 27.9. The van der Waals surface area contributed by atoms with Gasteiger partial charge in [0.25, 0.3) is 0 Å². The molecule has 1 saturated heterocycles. The van der Waals surface area contributed by atoms with E-state index >= 15 is 0 Å². The lowest BCUT2D eigenvalue weighted by molar-refractivity contribution is -0.269. The molecule has 0 amide bonds. The van der Waals surface area contributed by atoms with Crippen LogP contribution in [-0.2, 0) is 9.47 Å². The van der Waals surface area contributed by atoms with Gasteiger partial charge in [-0.25, -0.2) is 0 Å². The predicted molar refractivity (Wildman–Crippen MR) is 108 cm³/mol. The maximum atomic E-state index is 9.80. The fraction of sp³-hybridized carbons (Fsp3) is 0.909. The summed E-state index contributed by atoms with van der Waals surface area (Å²) in [7, 11) is 0. The van der Waals surface area contributed by atoms with Gasteiger partial charge in [0.15, 0.2) is 6.29 Å². The first-order valence-electron chi connectivity index (χ1n) is 10.7. The highest BCUT2D eigenvalue weighted by atomic mass is 16.7. The van der Waals surface area contributed by atoms with E-state index in [9.17, 15) is 15.3 Å². The molecule has 0 aliphatic carbocycles. The minimum atomic E-state index is -1.21. The van der Waals surface area contributed by atoms with E-state index in [4.69, 9.17) is 9.47 Å². The Hall–Kier alpha value is -0.460. The Bertz CT molecular complexity index is 410. The number of hydrogen-bond donors (Lipinski definition) is 3. The van der Waals surface area contributed by atoms with Gasteiger partial charge < -0.3 is 24.8 Å². The number of unbranched alkanes of at least 4 members (excludes halogenated alkanes) is 1. The topological polar surface area (TPSA) is 79.2 Å². The zero-order valence-electron chi connectivity index (χ0n) is 17.8. The molecule has 0 bridgehead atoms. The van der Waals surface area contributed by atoms with Gasteiger partial charge in [-0.05, 0) is 44.4 Å². The van der Waals surface area contributed by atoms with Crippen LogP contribution in [0.1, 0.15) is 79.1 Å². The maximum Gasteiger partial charge on any atom is 0.186 e. The van der Waals surface area contributed by atoms with Crippen molar-refractivity contribution in [1.29, 1.82) is 0 Å². The van der Waals surface area contributed by atoms with E-state index in [1.54, 1.807) is 0 Å². The molecule has 3 N–H and O–H groups in total. The smallest absolute Gasteiger partial charge is 0.186 e. The highest BCUT2D eigenvalue weighted by molar-refractivity contribution is 4.97. The second-order valence-corrected chi connectivity index (χ2v) is 8.64. The second-order valence-electron chi connectivity index (χ2n) is 8.64. The van der Waals surface area contributed by atoms with Crippen molar-refractivity contribution in [2.24, 2.45) is 11.8 Å². The predicted octanol–water partition coefficient (Wildman–Crippen LogP) is 3.80. The molecule has 0 aromatic rings. The minimum Gasteiger partial charge on any atom is -0.388 e. The summed E-state index contributed by atoms with van der Waals surface area (Å²) in [4.78, 5) is 0. The molecule has 5 heteroatoms. The van der Waals surface area contributed by atoms with Crippen LogP contribution in [0.15, 0.2) is 11.6 Å². The Balaban J connectivity index is 2.06. The molecule has 5 nitrogen and oxygen atoms in total. The van der Waals surface area contributed by atoms with Gasteiger partial charge in [0.1, 0.15) is 18.3 Å². The van der Waals surface area contributed by atoms with Crippen LogP contribution in [0.25, 0.3) is 0 Å². The molecule has 1 heterocycles. The van der Waals surface area contributed by atoms with E-state index in [0.29, 0.717) is 6.61 Å². The van der Waals surface area contributed by atoms with Gasteiger partial charge in [-0.3, -0.25) is 0 Å². The first kappa shape index (κ1) is 24.6. The quantitative estimate of drug-likeness (QED) is 0.331. The number of allylic oxidation sites excluding steroid dienone is 2. The van der Waals surface area contributed by atoms with Gasteiger partial charge >= 0.3 is 0 Å². The number of hydrogen-bond acceptors (Lipinski definition) is 5. The van der Waals surface area contributed by atoms with E-state index in [1.165, 1.54) is 37.7 Å². The summed E-state index contributed by atoms with van der Waals surface area (Å²) in [5.41, 5.74) is 1.43. The van der Waals surface area contributed by atoms with Crippen LogP contribution in [0.3, 0.4) is 0 Å². The summed E-state index contributed by atoms with van der Waals surface area (Å²) in [6.45, 7) is 9.59. The van der Waals surface area contributed by atoms with Crippen molar-refractivity contribution in [2.45, 2.75) is 104 Å². The number of rotatable bonds is 13. The van der Waals surface area contributed by atoms with Gasteiger partial charge in [0.2, 0.25) is 0 Å². The van der Waals surface area contributed by atoms with Crippen LogP contribution < -0.4 is 0 Å². The summed E-state index contributed by atoms with van der Waals surface area (Å²) in [6.07, 6.45) is 7.48. The van der Waals surface area contributed by atoms with Crippen LogP contribution >= 0.6 is 0 Å². The average molecular weight is 387 g/mol. The molecular weight excluding hydrogens is 344 g/mol. The third kappa shape index (κ3) is 10.6. The maximum absolute atomic E-state index is 9.80. The monoisotopic (exact) mass is 386 g/mol. The number of aliphatic hydroxyl groups is 3. The van der Waals surface area contributed by atoms with Gasteiger partial charge in [0, 0.05) is 0 Å². The van der Waals surface area contributed by atoms with Crippen molar-refractivity contribution in [3.8, 4) is 0 Å². The molecule has 27 heavy (non-hydrogen) atoms. The van der Waals surface area contributed by atoms with Crippen molar-refractivity contribution in [3.05, 3.63) is 11.6 Å². The Kier molecular flexibility index (Phi) is 12.4. The fourth-order valence-electron chi connectivity index (χ4n) is 3.41. The SMILES string of the molecule is CC(=CCCCOC1OCC(O)C(O)C1O)CCCC(C)CCCC(C)C. The molecule has 1 rings (SSSR count). The van der Waals surface area contributed by atoms with Crippen molar-refractivity contribution >= 4 is 0 Å². The molecule has 0 aromatic carbocycles. The highest BCUT2D eigenvalue weighted by Gasteiger charge is 2.37. The van der Waals surface area contributed by atoms with Crippen molar-refractivity contribution in [1.82, 2.24) is 0 Å². The largest absolute Gasteiger partial charge is 0.388 e. The fourth-order valence-corrected chi connectivity index (χ4v) is 3.41. The molecule has 0 aromatic heterocycles. The van der Waals surface area contributed by atoms with Gasteiger partial charge in [0.05, 0.1) is 13.2 Å². The zero-order chi connectivity index (χ0) is 20.2. The highest BCUT2D eigenvalue weighted by Crippen LogP contribution is 2.20. The van der Waals surface area contributed by atoms with E-state index in [0.717, 1.165) is 31.1 Å². The van der Waals surface area contributed by atoms with Crippen LogP contribution in [0.4, 0.5) is 0 Å². The average Bonchev–Trinajstić information content (AvgIpc) is 2.61. The summed E-state index contributed by atoms with van der Waals surface area (Å²) in [5, 5.41) is 28.8. The second kappa shape index (κ2) is 13.7. The van der Waals surface area contributed by atoms with Gasteiger partial charge in [-0.15, -0.1) is 0 Å². The molecular formula is C22H42O5. The van der Waals surface area contributed by atoms with Crippen LogP contribution in [0, 0.1) is 11.8 Å². The summed E-state index contributed by atoms with van der Waals surface area (Å²) in [6, 6.07) is 0. The lowest BCUT2D eigenvalue weighted by Crippen LogP contribution is -2.53. The Morgan fingerprint density at radius 1 is 1.04 bits per heavy atom. The Labute approximate surface area is 165 Å². The number of ether oxygens (including phenoxy) is 2. The molecule has 1 aliphatic heterocycles. The van der Waals surface area contributed by atoms with Crippen LogP contribution in [0.2, 0.25) is 0 Å². The third-order valence-corrected chi connectivity index (χ3v) is 5.32. The van der Waals surface area contributed by atoms with Gasteiger partial charge in [-0.2, -0.15) is 0 Å². The van der Waals surface area contributed by atoms with Crippen molar-refractivity contribution in [3.63, 3.8) is 0 Å². The van der Waals surface area contributed by atoms with Crippen molar-refractivity contribution < 1.29 is 24.8 Å². The van der Waals surface area contributed by atoms with Crippen LogP contribution in [0.5, 0.6) is 0 Å². The Morgan fingerprint density at radius 2 is 1.74 bits per heavy atom. The third-order valence-electron chi connectivity index (χ3n) is 5.32. The minimum absolute atomic E-state index is 0.0161. The Morgan fingerprint density at radius 3 is 2.44 bits per heavy atom. The lowest BCUT2D eigenvalue weighted by Gasteiger charge is -2.34. The van der Waals surface area contributed by atoms with Crippen molar-refractivity contribution in [2.75, 3.05) is 13.2 Å². The molecule has 0 saturated carbocycles. The molecule has 1 aliphatic rings. The zero-order valence-corrected chi connectivity index (χ0v) is 17.8. The standard InChI is InChI=1S/C22H42O5/c1-16(2)9-7-11-18(4)13-8-12-17(3)10-5-6-14-26-22-21(25)20(24)19(23)15-27-22/h10,16,18-25H,5-9,11-15H2,1-4H3. The molecule has 0 spiro atoms. The molecule has 160 valence electrons. The molecule has 5 atom stereocenters.